The van der Waals surface area contributed by atoms with E-state index in [0.29, 0.717) is 12.1 Å². The normalized spacial score (nSPS) is 21.6. The van der Waals surface area contributed by atoms with Gasteiger partial charge in [0.1, 0.15) is 0 Å². The second kappa shape index (κ2) is 8.98. The maximum absolute atomic E-state index is 5.92. The van der Waals surface area contributed by atoms with Gasteiger partial charge in [0.2, 0.25) is 0 Å². The number of nitrogens with zero attached hydrogens (tertiary/aromatic N) is 1. The van der Waals surface area contributed by atoms with E-state index in [1.54, 1.807) is 0 Å². The zero-order chi connectivity index (χ0) is 15.0. The number of likely N-dealkylation sites (N-methyl/N-ethyl adjacent to an activating group) is 1. The largest absolute Gasteiger partial charge is 0.378 e. The molecular weight excluding hydrogens is 250 g/mol. The van der Waals surface area contributed by atoms with Crippen LogP contribution in [0, 0.1) is 0 Å². The lowest BCUT2D eigenvalue weighted by Gasteiger charge is -2.48. The minimum Gasteiger partial charge on any atom is -0.378 e. The molecule has 20 heavy (non-hydrogen) atoms. The van der Waals surface area contributed by atoms with Gasteiger partial charge in [0.05, 0.1) is 6.10 Å². The minimum absolute atomic E-state index is 0.164. The summed E-state index contributed by atoms with van der Waals surface area (Å²) < 4.78 is 5.76. The molecule has 0 aromatic rings. The van der Waals surface area contributed by atoms with E-state index in [1.807, 2.05) is 0 Å². The van der Waals surface area contributed by atoms with Crippen molar-refractivity contribution in [1.29, 1.82) is 0 Å². The average molecular weight is 285 g/mol. The predicted octanol–water partition coefficient (Wildman–Crippen LogP) is 2.68. The molecule has 120 valence electrons. The average Bonchev–Trinajstić information content (AvgIpc) is 3.00. The van der Waals surface area contributed by atoms with Gasteiger partial charge in [-0.3, -0.25) is 16.2 Å². The van der Waals surface area contributed by atoms with Gasteiger partial charge < -0.3 is 4.74 Å². The van der Waals surface area contributed by atoms with Crippen LogP contribution >= 0.6 is 0 Å². The highest BCUT2D eigenvalue weighted by molar-refractivity contribution is 4.98. The second-order valence-corrected chi connectivity index (χ2v) is 5.91. The molecule has 0 aromatic heterocycles. The molecule has 0 amide bonds. The summed E-state index contributed by atoms with van der Waals surface area (Å²) in [5.74, 6) is 5.92. The topological polar surface area (TPSA) is 50.5 Å². The van der Waals surface area contributed by atoms with Gasteiger partial charge >= 0.3 is 0 Å². The van der Waals surface area contributed by atoms with E-state index in [-0.39, 0.29) is 5.54 Å². The van der Waals surface area contributed by atoms with Crippen molar-refractivity contribution in [2.24, 2.45) is 5.84 Å². The monoisotopic (exact) mass is 285 g/mol. The number of hydrazine groups is 1. The number of hydrogen-bond acceptors (Lipinski definition) is 4. The highest BCUT2D eigenvalue weighted by Gasteiger charge is 2.39. The molecule has 2 unspecified atom stereocenters. The van der Waals surface area contributed by atoms with Crippen LogP contribution in [0.25, 0.3) is 0 Å². The molecule has 4 heteroatoms. The number of hydrogen-bond donors (Lipinski definition) is 2. The van der Waals surface area contributed by atoms with Gasteiger partial charge in [0.25, 0.3) is 0 Å². The molecule has 2 atom stereocenters. The van der Waals surface area contributed by atoms with Gasteiger partial charge in [-0.05, 0) is 51.6 Å². The number of rotatable bonds is 10. The third-order valence-corrected chi connectivity index (χ3v) is 5.27. The molecule has 1 rings (SSSR count). The summed E-state index contributed by atoms with van der Waals surface area (Å²) in [6.07, 6.45) is 7.37. The first-order valence-corrected chi connectivity index (χ1v) is 8.51. The Balaban J connectivity index is 2.73. The molecule has 1 saturated heterocycles. The molecule has 3 N–H and O–H groups in total. The molecule has 0 saturated carbocycles. The lowest BCUT2D eigenvalue weighted by molar-refractivity contribution is 0.0355. The molecule has 1 aliphatic rings. The van der Waals surface area contributed by atoms with Gasteiger partial charge in [0.15, 0.2) is 0 Å². The van der Waals surface area contributed by atoms with Crippen LogP contribution in [-0.2, 0) is 4.74 Å². The van der Waals surface area contributed by atoms with Crippen LogP contribution in [0.4, 0.5) is 0 Å². The van der Waals surface area contributed by atoms with Crippen molar-refractivity contribution in [3.8, 4) is 0 Å². The van der Waals surface area contributed by atoms with Crippen molar-refractivity contribution in [2.45, 2.75) is 83.9 Å². The third kappa shape index (κ3) is 3.94. The highest BCUT2D eigenvalue weighted by atomic mass is 16.5. The number of nitrogens with two attached hydrogens (primary N) is 1. The van der Waals surface area contributed by atoms with Crippen LogP contribution in [-0.4, -0.2) is 42.3 Å². The van der Waals surface area contributed by atoms with Gasteiger partial charge in [-0.15, -0.1) is 0 Å². The van der Waals surface area contributed by atoms with E-state index in [1.165, 1.54) is 12.8 Å². The summed E-state index contributed by atoms with van der Waals surface area (Å²) in [6.45, 7) is 12.2. The van der Waals surface area contributed by atoms with Crippen molar-refractivity contribution in [3.05, 3.63) is 0 Å². The predicted molar refractivity (Wildman–Crippen MR) is 85.6 cm³/mol. The van der Waals surface area contributed by atoms with Crippen LogP contribution in [0.5, 0.6) is 0 Å². The highest BCUT2D eigenvalue weighted by Crippen LogP contribution is 2.31. The Hall–Kier alpha value is -0.160. The van der Waals surface area contributed by atoms with Crippen LogP contribution in [0.3, 0.4) is 0 Å². The smallest absolute Gasteiger partial charge is 0.0576 e. The van der Waals surface area contributed by atoms with Crippen molar-refractivity contribution in [1.82, 2.24) is 10.3 Å². The molecule has 1 heterocycles. The maximum atomic E-state index is 5.92. The summed E-state index contributed by atoms with van der Waals surface area (Å²) in [6, 6.07) is 0.335. The molecule has 0 aliphatic carbocycles. The Kier molecular flexibility index (Phi) is 8.03. The van der Waals surface area contributed by atoms with Crippen molar-refractivity contribution in [2.75, 3.05) is 19.7 Å². The zero-order valence-electron chi connectivity index (χ0n) is 14.0. The second-order valence-electron chi connectivity index (χ2n) is 5.91. The van der Waals surface area contributed by atoms with Crippen molar-refractivity contribution in [3.63, 3.8) is 0 Å². The van der Waals surface area contributed by atoms with Crippen LogP contribution < -0.4 is 11.3 Å². The fraction of sp³-hybridized carbons (Fsp3) is 1.00. The molecule has 0 aromatic carbocycles. The summed E-state index contributed by atoms with van der Waals surface area (Å²) in [4.78, 5) is 2.58. The van der Waals surface area contributed by atoms with Gasteiger partial charge in [-0.1, -0.05) is 27.7 Å². The minimum atomic E-state index is 0.164. The van der Waals surface area contributed by atoms with Crippen LogP contribution in [0.15, 0.2) is 0 Å². The molecule has 4 nitrogen and oxygen atoms in total. The Morgan fingerprint density at radius 3 is 2.30 bits per heavy atom. The van der Waals surface area contributed by atoms with E-state index in [0.717, 1.165) is 45.4 Å². The molecule has 0 spiro atoms. The van der Waals surface area contributed by atoms with E-state index in [2.05, 4.69) is 38.0 Å². The first kappa shape index (κ1) is 17.9. The van der Waals surface area contributed by atoms with Gasteiger partial charge in [0, 0.05) is 18.2 Å². The first-order chi connectivity index (χ1) is 9.68. The van der Waals surface area contributed by atoms with Crippen LogP contribution in [0.1, 0.15) is 66.2 Å². The maximum Gasteiger partial charge on any atom is 0.0576 e. The summed E-state index contributed by atoms with van der Waals surface area (Å²) in [5, 5.41) is 0. The lowest BCUT2D eigenvalue weighted by atomic mass is 9.80. The first-order valence-electron chi connectivity index (χ1n) is 8.51. The fourth-order valence-electron chi connectivity index (χ4n) is 4.00. The zero-order valence-corrected chi connectivity index (χ0v) is 14.0. The van der Waals surface area contributed by atoms with Crippen molar-refractivity contribution >= 4 is 0 Å². The summed E-state index contributed by atoms with van der Waals surface area (Å²) in [5.41, 5.74) is 3.28. The Morgan fingerprint density at radius 1 is 1.25 bits per heavy atom. The molecule has 1 aliphatic heterocycles. The summed E-state index contributed by atoms with van der Waals surface area (Å²) in [7, 11) is 0. The molecular formula is C16H35N3O. The Labute approximate surface area is 125 Å². The Bertz CT molecular complexity index is 246. The molecule has 1 fully saturated rings. The van der Waals surface area contributed by atoms with Crippen LogP contribution in [0.2, 0.25) is 0 Å². The number of nitrogens with one attached hydrogen (secondary N) is 1. The standard InChI is InChI=1S/C16H35N3O/c1-5-16(6-2,19(7-3)8-4)15(18-17)12-11-14-10-9-13-20-14/h14-15,18H,5-13,17H2,1-4H3. The fourth-order valence-corrected chi connectivity index (χ4v) is 4.00. The van der Waals surface area contributed by atoms with Crippen molar-refractivity contribution < 1.29 is 4.74 Å². The quantitative estimate of drug-likeness (QED) is 0.478. The SMILES string of the molecule is CCN(CC)C(CC)(CC)C(CCC1CCCO1)NN. The Morgan fingerprint density at radius 2 is 1.90 bits per heavy atom. The van der Waals surface area contributed by atoms with Gasteiger partial charge in [-0.25, -0.2) is 0 Å². The van der Waals surface area contributed by atoms with E-state index in [9.17, 15) is 0 Å². The van der Waals surface area contributed by atoms with Gasteiger partial charge in [-0.2, -0.15) is 0 Å². The molecule has 0 bridgehead atoms. The summed E-state index contributed by atoms with van der Waals surface area (Å²) >= 11 is 0. The lowest BCUT2D eigenvalue weighted by Crippen LogP contribution is -2.62. The number of ether oxygens (including phenoxy) is 1. The van der Waals surface area contributed by atoms with E-state index < -0.39 is 0 Å². The molecule has 0 radical (unpaired) electrons. The third-order valence-electron chi connectivity index (χ3n) is 5.27. The van der Waals surface area contributed by atoms with E-state index in [4.69, 9.17) is 10.6 Å². The van der Waals surface area contributed by atoms with E-state index >= 15 is 0 Å².